The van der Waals surface area contributed by atoms with Crippen molar-refractivity contribution in [2.45, 2.75) is 172 Å². The van der Waals surface area contributed by atoms with E-state index < -0.39 is 29.9 Å². The van der Waals surface area contributed by atoms with Crippen LogP contribution in [0.4, 0.5) is 0 Å². The zero-order valence-electron chi connectivity index (χ0n) is 79.2. The van der Waals surface area contributed by atoms with Crippen LogP contribution in [0.5, 0.6) is 5.75 Å². The molecule has 7 aromatic heterocycles. The summed E-state index contributed by atoms with van der Waals surface area (Å²) in [7, 11) is 1.63. The van der Waals surface area contributed by atoms with Crippen LogP contribution >= 0.6 is 34.0 Å². The van der Waals surface area contributed by atoms with Gasteiger partial charge in [0.05, 0.1) is 127 Å². The first-order chi connectivity index (χ1) is 70.0. The fourth-order valence-corrected chi connectivity index (χ4v) is 19.5. The molecule has 0 spiro atoms. The van der Waals surface area contributed by atoms with Crippen molar-refractivity contribution in [1.82, 2.24) is 59.2 Å². The van der Waals surface area contributed by atoms with Gasteiger partial charge in [-0.2, -0.15) is 40.8 Å². The van der Waals surface area contributed by atoms with Crippen molar-refractivity contribution in [1.29, 1.82) is 0 Å². The maximum atomic E-state index is 13.3. The number of methoxy groups -OCH3 is 1. The van der Waals surface area contributed by atoms with Gasteiger partial charge in [0, 0.05) is 134 Å². The summed E-state index contributed by atoms with van der Waals surface area (Å²) >= 11 is 4.74. The summed E-state index contributed by atoms with van der Waals surface area (Å²) < 4.78 is 12.7. The molecule has 0 saturated carbocycles. The number of ether oxygens (including phenoxy) is 1. The highest BCUT2D eigenvalue weighted by Crippen LogP contribution is 2.46. The number of carboxylic acid groups (broad SMARTS) is 4. The minimum absolute atomic E-state index is 0. The Bertz CT molecular complexity index is 7340. The van der Waals surface area contributed by atoms with E-state index in [0.29, 0.717) is 25.7 Å². The van der Waals surface area contributed by atoms with Crippen LogP contribution < -0.4 is 4.74 Å². The van der Waals surface area contributed by atoms with Crippen molar-refractivity contribution in [2.24, 2.45) is 20.4 Å². The first-order valence-electron chi connectivity index (χ1n) is 47.1. The topological polar surface area (TPSA) is 360 Å². The van der Waals surface area contributed by atoms with Gasteiger partial charge >= 0.3 is 23.9 Å². The van der Waals surface area contributed by atoms with Crippen LogP contribution in [0.2, 0.25) is 0 Å². The maximum Gasteiger partial charge on any atom is 0.303 e. The van der Waals surface area contributed by atoms with Gasteiger partial charge in [0.15, 0.2) is 0 Å². The van der Waals surface area contributed by atoms with Crippen LogP contribution in [-0.4, -0.2) is 157 Å². The van der Waals surface area contributed by atoms with E-state index in [9.17, 15) is 38.4 Å². The van der Waals surface area contributed by atoms with E-state index in [0.717, 1.165) is 156 Å². The van der Waals surface area contributed by atoms with Crippen LogP contribution in [-0.2, 0) is 38.4 Å². The third kappa shape index (κ3) is 27.1. The summed E-state index contributed by atoms with van der Waals surface area (Å²) in [4.78, 5) is 100. The molecule has 0 saturated heterocycles. The second kappa shape index (κ2) is 51.8. The van der Waals surface area contributed by atoms with E-state index in [1.165, 1.54) is 15.0 Å². The molecular weight excluding hydrogens is 1930 g/mol. The van der Waals surface area contributed by atoms with Gasteiger partial charge < -0.3 is 25.2 Å². The molecule has 0 radical (unpaired) electrons. The summed E-state index contributed by atoms with van der Waals surface area (Å²) in [6.07, 6.45) is 9.92. The number of hydrogen-bond acceptors (Lipinski definition) is 20. The largest absolute Gasteiger partial charge is 0.497 e. The summed E-state index contributed by atoms with van der Waals surface area (Å²) in [6, 6.07) is 91.6. The van der Waals surface area contributed by atoms with E-state index in [-0.39, 0.29) is 143 Å². The molecule has 766 valence electrons. The Morgan fingerprint density at radius 1 is 0.282 bits per heavy atom. The number of hydrazone groups is 4. The highest BCUT2D eigenvalue weighted by atomic mass is 32.1. The number of para-hydroxylation sites is 4. The average molecular weight is 2060 g/mol. The first kappa shape index (κ1) is 111. The summed E-state index contributed by atoms with van der Waals surface area (Å²) in [5, 5.41) is 86.8. The highest BCUT2D eigenvalue weighted by Gasteiger charge is 2.42. The van der Waals surface area contributed by atoms with Gasteiger partial charge in [-0.05, 0) is 146 Å². The monoisotopic (exact) mass is 2050 g/mol. The molecule has 4 N–H and O–H groups in total. The molecule has 29 nitrogen and oxygen atoms in total. The van der Waals surface area contributed by atoms with Gasteiger partial charge in [0.1, 0.15) is 5.75 Å². The SMILES string of the molecule is C.C.C.C.C.COc1ccc(-c2nn(-c3ccccc3)cc2C2CC(c3cccs3)=NN2C(=O)CCCC(=O)O)cc1.Cc1ccc(-c2nn(-c3ccccc3)cc2C2CC(c3ccccc3)=NN2C(=O)CCC(=O)O)cc1.Cc1ccc(-c2nn(-c3ccccc3)cc2C2CC(c3cccs3)=NN2C(=O)CCC(=O)O)cc1.Cc1ccc(-c2nn(-c3ccccc3)cc2C2CC(c3cccs3)=NN2C(=O)CCCC(=O)O)cc1. The number of nitrogens with zero attached hydrogens (tertiary/aromatic N) is 16. The average Bonchev–Trinajstić information content (AvgIpc) is 1.64. The molecule has 0 aliphatic carbocycles. The molecule has 4 aliphatic rings. The number of carbonyl (C=O) groups excluding carboxylic acids is 4. The maximum absolute atomic E-state index is 13.3. The normalized spacial score (nSPS) is 14.6. The minimum atomic E-state index is -1.01. The summed E-state index contributed by atoms with van der Waals surface area (Å²) in [5.41, 5.74) is 21.7. The van der Waals surface area contributed by atoms with Crippen LogP contribution in [0.1, 0.15) is 210 Å². The van der Waals surface area contributed by atoms with Gasteiger partial charge in [0.2, 0.25) is 23.6 Å². The molecule has 4 unspecified atom stereocenters. The number of hydrogen-bond donors (Lipinski definition) is 4. The number of rotatable bonds is 31. The fourth-order valence-electron chi connectivity index (χ4n) is 17.3. The van der Waals surface area contributed by atoms with E-state index in [1.807, 2.05) is 353 Å². The van der Waals surface area contributed by atoms with Crippen molar-refractivity contribution in [3.63, 3.8) is 0 Å². The quantitative estimate of drug-likeness (QED) is 0.0313. The van der Waals surface area contributed by atoms with Gasteiger partial charge in [-0.25, -0.2) is 38.8 Å². The number of carboxylic acids is 4. The van der Waals surface area contributed by atoms with E-state index in [1.54, 1.807) is 46.1 Å². The molecule has 0 bridgehead atoms. The lowest BCUT2D eigenvalue weighted by Crippen LogP contribution is -2.27. The molecule has 4 aliphatic heterocycles. The van der Waals surface area contributed by atoms with Crippen LogP contribution in [0, 0.1) is 20.8 Å². The van der Waals surface area contributed by atoms with Crippen LogP contribution in [0.3, 0.4) is 0 Å². The van der Waals surface area contributed by atoms with E-state index in [4.69, 9.17) is 60.9 Å². The second-order valence-electron chi connectivity index (χ2n) is 34.8. The predicted octanol–water partition coefficient (Wildman–Crippen LogP) is 25.4. The van der Waals surface area contributed by atoms with E-state index >= 15 is 0 Å². The number of aromatic nitrogens is 8. The molecule has 11 heterocycles. The van der Waals surface area contributed by atoms with Gasteiger partial charge in [-0.3, -0.25) is 38.4 Å². The van der Waals surface area contributed by atoms with Crippen molar-refractivity contribution in [2.75, 3.05) is 7.11 Å². The number of benzene rings is 9. The minimum Gasteiger partial charge on any atom is -0.497 e. The van der Waals surface area contributed by atoms with Crippen LogP contribution in [0.15, 0.2) is 346 Å². The Balaban J connectivity index is 0.000000174. The van der Waals surface area contributed by atoms with Crippen molar-refractivity contribution < 1.29 is 63.5 Å². The van der Waals surface area contributed by atoms with Crippen molar-refractivity contribution in [3.05, 3.63) is 385 Å². The molecule has 20 rings (SSSR count). The second-order valence-corrected chi connectivity index (χ2v) is 37.6. The van der Waals surface area contributed by atoms with Crippen LogP contribution in [0.25, 0.3) is 67.8 Å². The Hall–Kier alpha value is -16.8. The Morgan fingerprint density at radius 3 is 0.772 bits per heavy atom. The number of amides is 4. The molecule has 9 aromatic carbocycles. The smallest absolute Gasteiger partial charge is 0.303 e. The van der Waals surface area contributed by atoms with Crippen molar-refractivity contribution in [3.8, 4) is 73.5 Å². The lowest BCUT2D eigenvalue weighted by molar-refractivity contribution is -0.141. The Kier molecular flexibility index (Phi) is 38.5. The first-order valence-corrected chi connectivity index (χ1v) is 49.7. The molecule has 32 heteroatoms. The molecule has 16 aromatic rings. The molecular formula is C117H122N16O13S3. The zero-order chi connectivity index (χ0) is 100. The Labute approximate surface area is 879 Å². The third-order valence-corrected chi connectivity index (χ3v) is 27.4. The van der Waals surface area contributed by atoms with Gasteiger partial charge in [0.25, 0.3) is 0 Å². The van der Waals surface area contributed by atoms with E-state index in [2.05, 4.69) is 17.2 Å². The highest BCUT2D eigenvalue weighted by molar-refractivity contribution is 7.12. The molecule has 4 amide bonds. The standard InChI is InChI=1S/C29H26N4O3.C28H26N4O4S.C28H26N4O3S.C27H24N4O3S.5CH4/c1-20-12-14-22(15-13-20)29-24(19-32(31-29)23-10-6-3-7-11-23)26-18-25(21-8-4-2-5-9-21)30-33(26)27(34)16-17-28(35)36;1-36-21-14-12-19(13-15-21)28-22(18-31(30-28)20-7-3-2-4-8-20)24-17-23(25-9-6-16-37-25)29-32(24)26(33)10-5-11-27(34)35;1-19-12-14-20(15-13-19)28-22(18-31(30-28)21-7-3-2-4-8-21)24-17-23(25-9-6-16-36-25)29-32(24)26(33)10-5-11-27(34)35;1-18-9-11-19(12-10-18)27-21(17-30(29-27)20-6-3-2-4-7-20)23-16-22(24-8-5-15-35-24)28-31(23)25(32)13-14-26(33)34;;;;;/h2-15,19,26H,16-18H2,1H3,(H,35,36);2-4,6-9,12-16,18,24H,5,10-11,17H2,1H3,(H,34,35);2-4,6-9,12-16,18,24H,5,10-11,17H2,1H3,(H,34,35);2-12,15,17,23H,13-14,16H2,1H3,(H,33,34);5*1H4. The zero-order valence-corrected chi connectivity index (χ0v) is 81.7. The number of aliphatic carboxylic acids is 4. The molecule has 4 atom stereocenters. The van der Waals surface area contributed by atoms with Crippen molar-refractivity contribution >= 4 is 104 Å². The predicted molar refractivity (Wildman–Crippen MR) is 589 cm³/mol. The Morgan fingerprint density at radius 2 is 0.523 bits per heavy atom. The van der Waals surface area contributed by atoms with Gasteiger partial charge in [-0.15, -0.1) is 34.0 Å². The number of aryl methyl sites for hydroxylation is 3. The van der Waals surface area contributed by atoms with Gasteiger partial charge in [-0.1, -0.05) is 248 Å². The summed E-state index contributed by atoms with van der Waals surface area (Å²) in [5.74, 6) is -4.12. The number of carbonyl (C=O) groups is 8. The lowest BCUT2D eigenvalue weighted by atomic mass is 9.96. The molecule has 0 fully saturated rings. The third-order valence-electron chi connectivity index (χ3n) is 24.7. The lowest BCUT2D eigenvalue weighted by Gasteiger charge is -2.22. The molecule has 149 heavy (non-hydrogen) atoms. The fraction of sp³-hybridized carbons (Fsp3) is 0.231. The summed E-state index contributed by atoms with van der Waals surface area (Å²) in [6.45, 7) is 6.12. The number of thiophene rings is 3.